The van der Waals surface area contributed by atoms with Gasteiger partial charge in [-0.1, -0.05) is 0 Å². The number of hydrogen-bond acceptors (Lipinski definition) is 5. The molecular formula is C13H19N3O2S. The number of alkyl carbamates (subject to hydrolysis) is 1. The number of ether oxygens (including phenoxy) is 1. The number of nitrogens with two attached hydrogens (primary N) is 1. The van der Waals surface area contributed by atoms with Gasteiger partial charge >= 0.3 is 6.09 Å². The van der Waals surface area contributed by atoms with Crippen molar-refractivity contribution in [1.29, 1.82) is 5.26 Å². The smallest absolute Gasteiger partial charge is 0.407 e. The van der Waals surface area contributed by atoms with Crippen LogP contribution >= 0.6 is 11.3 Å². The molecule has 3 N–H and O–H groups in total. The van der Waals surface area contributed by atoms with Crippen molar-refractivity contribution in [2.75, 3.05) is 6.54 Å². The maximum Gasteiger partial charge on any atom is 0.407 e. The molecule has 1 unspecified atom stereocenters. The molecule has 1 heterocycles. The summed E-state index contributed by atoms with van der Waals surface area (Å²) >= 11 is 1.49. The molecule has 5 nitrogen and oxygen atoms in total. The van der Waals surface area contributed by atoms with Crippen molar-refractivity contribution >= 4 is 17.4 Å². The zero-order valence-electron chi connectivity index (χ0n) is 11.4. The van der Waals surface area contributed by atoms with Crippen molar-refractivity contribution in [2.24, 2.45) is 5.73 Å². The zero-order chi connectivity index (χ0) is 14.5. The van der Waals surface area contributed by atoms with Gasteiger partial charge in [-0.2, -0.15) is 5.26 Å². The molecule has 0 radical (unpaired) electrons. The Bertz CT molecular complexity index is 471. The van der Waals surface area contributed by atoms with E-state index in [0.717, 1.165) is 4.88 Å². The summed E-state index contributed by atoms with van der Waals surface area (Å²) in [6.07, 6.45) is 0.127. The van der Waals surface area contributed by atoms with E-state index in [0.29, 0.717) is 18.5 Å². The van der Waals surface area contributed by atoms with Crippen LogP contribution in [-0.4, -0.2) is 24.3 Å². The lowest BCUT2D eigenvalue weighted by molar-refractivity contribution is 0.0506. The van der Waals surface area contributed by atoms with E-state index in [1.807, 2.05) is 26.8 Å². The summed E-state index contributed by atoms with van der Waals surface area (Å²) < 4.78 is 5.18. The Labute approximate surface area is 117 Å². The quantitative estimate of drug-likeness (QED) is 0.883. The predicted molar refractivity (Wildman–Crippen MR) is 75.0 cm³/mol. The zero-order valence-corrected chi connectivity index (χ0v) is 12.2. The number of nitrogens with zero attached hydrogens (tertiary/aromatic N) is 1. The van der Waals surface area contributed by atoms with Gasteiger partial charge in [0, 0.05) is 29.3 Å². The molecule has 104 valence electrons. The summed E-state index contributed by atoms with van der Waals surface area (Å²) in [5.74, 6) is 0. The fourth-order valence-corrected chi connectivity index (χ4v) is 2.35. The molecule has 0 aliphatic rings. The highest BCUT2D eigenvalue weighted by Crippen LogP contribution is 2.16. The second-order valence-corrected chi connectivity index (χ2v) is 6.19. The molecular weight excluding hydrogens is 262 g/mol. The molecule has 6 heteroatoms. The third-order valence-electron chi connectivity index (χ3n) is 2.24. The highest BCUT2D eigenvalue weighted by Gasteiger charge is 2.19. The Morgan fingerprint density at radius 1 is 1.63 bits per heavy atom. The number of nitriles is 1. The van der Waals surface area contributed by atoms with Gasteiger partial charge in [0.15, 0.2) is 0 Å². The maximum absolute atomic E-state index is 11.6. The first-order valence-corrected chi connectivity index (χ1v) is 6.89. The summed E-state index contributed by atoms with van der Waals surface area (Å²) in [5.41, 5.74) is 5.75. The van der Waals surface area contributed by atoms with Crippen LogP contribution in [0.5, 0.6) is 0 Å². The minimum Gasteiger partial charge on any atom is -0.444 e. The topological polar surface area (TPSA) is 88.1 Å². The van der Waals surface area contributed by atoms with E-state index in [4.69, 9.17) is 15.7 Å². The molecule has 1 amide bonds. The molecule has 0 bridgehead atoms. The molecule has 0 aromatic carbocycles. The Balaban J connectivity index is 2.54. The lowest BCUT2D eigenvalue weighted by Crippen LogP contribution is -2.44. The number of hydrogen-bond donors (Lipinski definition) is 2. The molecule has 1 rings (SSSR count). The average molecular weight is 281 g/mol. The lowest BCUT2D eigenvalue weighted by atomic mass is 10.1. The second kappa shape index (κ2) is 6.55. The van der Waals surface area contributed by atoms with Crippen LogP contribution in [0.4, 0.5) is 4.79 Å². The van der Waals surface area contributed by atoms with Gasteiger partial charge in [0.05, 0.1) is 5.56 Å². The number of rotatable bonds is 4. The van der Waals surface area contributed by atoms with Crippen LogP contribution < -0.4 is 11.1 Å². The fourth-order valence-electron chi connectivity index (χ4n) is 1.46. The predicted octanol–water partition coefficient (Wildman–Crippen LogP) is 2.01. The number of amides is 1. The van der Waals surface area contributed by atoms with Crippen LogP contribution in [0.15, 0.2) is 11.4 Å². The van der Waals surface area contributed by atoms with E-state index in [1.165, 1.54) is 11.3 Å². The van der Waals surface area contributed by atoms with Crippen molar-refractivity contribution in [3.05, 3.63) is 21.9 Å². The lowest BCUT2D eigenvalue weighted by Gasteiger charge is -2.22. The molecule has 1 aromatic rings. The normalized spacial score (nSPS) is 12.6. The van der Waals surface area contributed by atoms with Crippen LogP contribution in [0.1, 0.15) is 31.2 Å². The van der Waals surface area contributed by atoms with Crippen LogP contribution in [0.25, 0.3) is 0 Å². The van der Waals surface area contributed by atoms with E-state index in [1.54, 1.807) is 5.38 Å². The summed E-state index contributed by atoms with van der Waals surface area (Å²) in [5, 5.41) is 13.3. The molecule has 19 heavy (non-hydrogen) atoms. The number of carbonyl (C=O) groups is 1. The summed E-state index contributed by atoms with van der Waals surface area (Å²) in [4.78, 5) is 12.7. The molecule has 0 saturated heterocycles. The summed E-state index contributed by atoms with van der Waals surface area (Å²) in [6.45, 7) is 5.74. The van der Waals surface area contributed by atoms with Gasteiger partial charge in [0.25, 0.3) is 0 Å². The number of thiophene rings is 1. The molecule has 1 atom stereocenters. The molecule has 0 aliphatic carbocycles. The average Bonchev–Trinajstić information content (AvgIpc) is 2.73. The van der Waals surface area contributed by atoms with E-state index >= 15 is 0 Å². The minimum atomic E-state index is -0.528. The SMILES string of the molecule is CC(C)(C)OC(=O)NC(CN)Cc1cc(C#N)cs1. The minimum absolute atomic E-state index is 0.194. The van der Waals surface area contributed by atoms with Crippen molar-refractivity contribution in [3.8, 4) is 6.07 Å². The molecule has 0 spiro atoms. The van der Waals surface area contributed by atoms with Crippen LogP contribution in [0, 0.1) is 11.3 Å². The van der Waals surface area contributed by atoms with E-state index in [2.05, 4.69) is 11.4 Å². The van der Waals surface area contributed by atoms with Crippen LogP contribution in [-0.2, 0) is 11.2 Å². The Hall–Kier alpha value is -1.58. The van der Waals surface area contributed by atoms with E-state index in [-0.39, 0.29) is 6.04 Å². The van der Waals surface area contributed by atoms with Crippen molar-refractivity contribution in [2.45, 2.75) is 38.8 Å². The molecule has 0 fully saturated rings. The van der Waals surface area contributed by atoms with Gasteiger partial charge in [0.1, 0.15) is 11.7 Å². The molecule has 0 saturated carbocycles. The molecule has 0 aliphatic heterocycles. The van der Waals surface area contributed by atoms with Crippen molar-refractivity contribution in [1.82, 2.24) is 5.32 Å². The third kappa shape index (κ3) is 5.73. The van der Waals surface area contributed by atoms with Crippen molar-refractivity contribution in [3.63, 3.8) is 0 Å². The van der Waals surface area contributed by atoms with E-state index in [9.17, 15) is 4.79 Å². The fraction of sp³-hybridized carbons (Fsp3) is 0.538. The Morgan fingerprint density at radius 3 is 2.79 bits per heavy atom. The van der Waals surface area contributed by atoms with Gasteiger partial charge in [-0.15, -0.1) is 11.3 Å². The highest BCUT2D eigenvalue weighted by atomic mass is 32.1. The third-order valence-corrected chi connectivity index (χ3v) is 3.19. The monoisotopic (exact) mass is 281 g/mol. The van der Waals surface area contributed by atoms with Gasteiger partial charge in [-0.3, -0.25) is 0 Å². The Kier molecular flexibility index (Phi) is 5.33. The van der Waals surface area contributed by atoms with Gasteiger partial charge in [-0.05, 0) is 26.8 Å². The number of carbonyl (C=O) groups excluding carboxylic acids is 1. The number of nitrogens with one attached hydrogen (secondary N) is 1. The molecule has 1 aromatic heterocycles. The second-order valence-electron chi connectivity index (χ2n) is 5.20. The first-order chi connectivity index (χ1) is 8.84. The van der Waals surface area contributed by atoms with Gasteiger partial charge in [0.2, 0.25) is 0 Å². The van der Waals surface area contributed by atoms with Gasteiger partial charge < -0.3 is 15.8 Å². The van der Waals surface area contributed by atoms with Gasteiger partial charge in [-0.25, -0.2) is 4.79 Å². The summed E-state index contributed by atoms with van der Waals surface area (Å²) in [7, 11) is 0. The van der Waals surface area contributed by atoms with Crippen molar-refractivity contribution < 1.29 is 9.53 Å². The van der Waals surface area contributed by atoms with Crippen LogP contribution in [0.3, 0.4) is 0 Å². The summed E-state index contributed by atoms with van der Waals surface area (Å²) in [6, 6.07) is 3.69. The maximum atomic E-state index is 11.6. The first kappa shape index (κ1) is 15.5. The van der Waals surface area contributed by atoms with Crippen LogP contribution in [0.2, 0.25) is 0 Å². The Morgan fingerprint density at radius 2 is 2.32 bits per heavy atom. The first-order valence-electron chi connectivity index (χ1n) is 6.01. The van der Waals surface area contributed by atoms with E-state index < -0.39 is 11.7 Å². The standard InChI is InChI=1S/C13H19N3O2S/c1-13(2,3)18-12(17)16-10(7-15)5-11-4-9(6-14)8-19-11/h4,8,10H,5,7,15H2,1-3H3,(H,16,17). The largest absolute Gasteiger partial charge is 0.444 e. The highest BCUT2D eigenvalue weighted by molar-refractivity contribution is 7.10.